The summed E-state index contributed by atoms with van der Waals surface area (Å²) in [5, 5.41) is 5.49. The van der Waals surface area contributed by atoms with Gasteiger partial charge >= 0.3 is 6.18 Å². The molecule has 44 heavy (non-hydrogen) atoms. The molecule has 1 aliphatic rings. The van der Waals surface area contributed by atoms with Crippen molar-refractivity contribution in [2.45, 2.75) is 12.6 Å². The molecule has 224 valence electrons. The minimum Gasteiger partial charge on any atom is -0.336 e. The van der Waals surface area contributed by atoms with Crippen LogP contribution in [0.3, 0.4) is 0 Å². The van der Waals surface area contributed by atoms with E-state index in [1.807, 2.05) is 36.5 Å². The Kier molecular flexibility index (Phi) is 7.83. The Morgan fingerprint density at radius 2 is 1.75 bits per heavy atom. The fourth-order valence-corrected chi connectivity index (χ4v) is 5.15. The highest BCUT2D eigenvalue weighted by molar-refractivity contribution is 5.98. The second-order valence-corrected chi connectivity index (χ2v) is 10.4. The van der Waals surface area contributed by atoms with Gasteiger partial charge in [0.1, 0.15) is 11.5 Å². The van der Waals surface area contributed by atoms with E-state index in [1.165, 1.54) is 23.1 Å². The standard InChI is InChI=1S/C32H26F4N6O2/c33-26-15-22(28-19-39-29-16-21(6-10-42(28)29)27-3-1-2-7-38-27)5-4-20(26)17-30(43)40-25-14-23(13-24(18-25)32(34,35)36)31(44)41-11-8-37-9-12-41/h1-7,10,13-16,18-19,37H,8-9,11-12,17H2,(H,40,43). The molecule has 2 aromatic carbocycles. The zero-order chi connectivity index (χ0) is 30.8. The van der Waals surface area contributed by atoms with Crippen LogP contribution in [0, 0.1) is 5.82 Å². The monoisotopic (exact) mass is 602 g/mol. The summed E-state index contributed by atoms with van der Waals surface area (Å²) in [4.78, 5) is 36.0. The maximum absolute atomic E-state index is 15.2. The molecule has 0 saturated carbocycles. The van der Waals surface area contributed by atoms with Gasteiger partial charge in [0, 0.05) is 61.0 Å². The van der Waals surface area contributed by atoms with Crippen LogP contribution < -0.4 is 10.6 Å². The van der Waals surface area contributed by atoms with E-state index in [2.05, 4.69) is 20.6 Å². The van der Waals surface area contributed by atoms with Crippen molar-refractivity contribution in [3.8, 4) is 22.5 Å². The van der Waals surface area contributed by atoms with Crippen molar-refractivity contribution in [3.63, 3.8) is 0 Å². The van der Waals surface area contributed by atoms with Crippen LogP contribution in [0.4, 0.5) is 23.2 Å². The van der Waals surface area contributed by atoms with Gasteiger partial charge in [-0.2, -0.15) is 13.2 Å². The molecule has 0 spiro atoms. The normalized spacial score (nSPS) is 13.7. The summed E-state index contributed by atoms with van der Waals surface area (Å²) >= 11 is 0. The number of hydrogen-bond acceptors (Lipinski definition) is 5. The van der Waals surface area contributed by atoms with E-state index >= 15 is 4.39 Å². The van der Waals surface area contributed by atoms with Crippen molar-refractivity contribution in [2.24, 2.45) is 0 Å². The maximum Gasteiger partial charge on any atom is 0.416 e. The average Bonchev–Trinajstić information content (AvgIpc) is 3.45. The Hall–Kier alpha value is -5.10. The predicted molar refractivity (Wildman–Crippen MR) is 156 cm³/mol. The number of carbonyl (C=O) groups is 2. The van der Waals surface area contributed by atoms with Gasteiger partial charge in [-0.05, 0) is 54.1 Å². The number of hydrogen-bond donors (Lipinski definition) is 2. The smallest absolute Gasteiger partial charge is 0.336 e. The van der Waals surface area contributed by atoms with E-state index in [-0.39, 0.29) is 16.8 Å². The van der Waals surface area contributed by atoms with Crippen LogP contribution in [0.25, 0.3) is 28.2 Å². The first kappa shape index (κ1) is 29.0. The third-order valence-electron chi connectivity index (χ3n) is 7.37. The SMILES string of the molecule is O=C(Cc1ccc(-c2cnc3cc(-c4ccccn4)ccn23)cc1F)Nc1cc(C(=O)N2CCNCC2)cc(C(F)(F)F)c1. The zero-order valence-corrected chi connectivity index (χ0v) is 23.2. The number of benzene rings is 2. The number of rotatable bonds is 6. The molecule has 5 aromatic rings. The highest BCUT2D eigenvalue weighted by Gasteiger charge is 2.32. The summed E-state index contributed by atoms with van der Waals surface area (Å²) in [7, 11) is 0. The van der Waals surface area contributed by atoms with Crippen molar-refractivity contribution < 1.29 is 27.2 Å². The van der Waals surface area contributed by atoms with E-state index in [1.54, 1.807) is 22.9 Å². The lowest BCUT2D eigenvalue weighted by atomic mass is 10.0. The molecule has 0 unspecified atom stereocenters. The number of amides is 2. The topological polar surface area (TPSA) is 91.6 Å². The third-order valence-corrected chi connectivity index (χ3v) is 7.37. The first-order valence-electron chi connectivity index (χ1n) is 13.9. The van der Waals surface area contributed by atoms with Crippen LogP contribution in [0.1, 0.15) is 21.5 Å². The molecule has 2 amide bonds. The van der Waals surface area contributed by atoms with Crippen LogP contribution in [-0.2, 0) is 17.4 Å². The van der Waals surface area contributed by atoms with Crippen molar-refractivity contribution in [3.05, 3.63) is 108 Å². The lowest BCUT2D eigenvalue weighted by Gasteiger charge is -2.27. The highest BCUT2D eigenvalue weighted by Crippen LogP contribution is 2.33. The van der Waals surface area contributed by atoms with Crippen LogP contribution >= 0.6 is 0 Å². The summed E-state index contributed by atoms with van der Waals surface area (Å²) in [5.74, 6) is -1.94. The Bertz CT molecular complexity index is 1850. The average molecular weight is 603 g/mol. The number of halogens is 4. The number of pyridine rings is 2. The van der Waals surface area contributed by atoms with Gasteiger partial charge in [-0.3, -0.25) is 19.0 Å². The molecule has 1 saturated heterocycles. The number of nitrogens with zero attached hydrogens (tertiary/aromatic N) is 4. The second kappa shape index (κ2) is 11.9. The second-order valence-electron chi connectivity index (χ2n) is 10.4. The number of piperazine rings is 1. The van der Waals surface area contributed by atoms with E-state index in [0.29, 0.717) is 43.1 Å². The van der Waals surface area contributed by atoms with Gasteiger partial charge in [-0.25, -0.2) is 9.37 Å². The molecule has 0 atom stereocenters. The lowest BCUT2D eigenvalue weighted by molar-refractivity contribution is -0.137. The lowest BCUT2D eigenvalue weighted by Crippen LogP contribution is -2.46. The molecule has 0 aliphatic carbocycles. The van der Waals surface area contributed by atoms with Crippen molar-refractivity contribution in [2.75, 3.05) is 31.5 Å². The Balaban J connectivity index is 1.19. The van der Waals surface area contributed by atoms with Crippen LogP contribution in [0.2, 0.25) is 0 Å². The summed E-state index contributed by atoms with van der Waals surface area (Å²) in [5.41, 5.74) is 2.08. The van der Waals surface area contributed by atoms with Gasteiger partial charge in [0.2, 0.25) is 5.91 Å². The fourth-order valence-electron chi connectivity index (χ4n) is 5.15. The first-order valence-corrected chi connectivity index (χ1v) is 13.9. The third kappa shape index (κ3) is 6.16. The quantitative estimate of drug-likeness (QED) is 0.253. The molecule has 1 aliphatic heterocycles. The number of imidazole rings is 1. The zero-order valence-electron chi connectivity index (χ0n) is 23.2. The Morgan fingerprint density at radius 3 is 2.48 bits per heavy atom. The summed E-state index contributed by atoms with van der Waals surface area (Å²) < 4.78 is 57.9. The molecule has 8 nitrogen and oxygen atoms in total. The predicted octanol–water partition coefficient (Wildman–Crippen LogP) is 5.45. The minimum atomic E-state index is -4.74. The van der Waals surface area contributed by atoms with E-state index < -0.39 is 35.8 Å². The fraction of sp³-hybridized carbons (Fsp3) is 0.188. The molecular formula is C32H26F4N6O2. The van der Waals surface area contributed by atoms with Gasteiger partial charge in [-0.15, -0.1) is 0 Å². The molecule has 3 aromatic heterocycles. The number of carbonyl (C=O) groups excluding carboxylic acids is 2. The van der Waals surface area contributed by atoms with Crippen LogP contribution in [0.15, 0.2) is 85.3 Å². The largest absolute Gasteiger partial charge is 0.416 e. The number of nitrogens with one attached hydrogen (secondary N) is 2. The molecule has 6 rings (SSSR count). The van der Waals surface area contributed by atoms with Crippen molar-refractivity contribution in [1.29, 1.82) is 0 Å². The molecule has 1 fully saturated rings. The molecule has 4 heterocycles. The molecule has 0 bridgehead atoms. The number of anilines is 1. The summed E-state index contributed by atoms with van der Waals surface area (Å²) in [6.07, 6.45) is -0.0284. The van der Waals surface area contributed by atoms with Gasteiger partial charge < -0.3 is 15.5 Å². The molecule has 12 heteroatoms. The van der Waals surface area contributed by atoms with E-state index in [9.17, 15) is 22.8 Å². The number of fused-ring (bicyclic) bond motifs is 1. The van der Waals surface area contributed by atoms with Gasteiger partial charge in [-0.1, -0.05) is 18.2 Å². The van der Waals surface area contributed by atoms with Crippen LogP contribution in [-0.4, -0.2) is 57.3 Å². The van der Waals surface area contributed by atoms with Crippen LogP contribution in [0.5, 0.6) is 0 Å². The summed E-state index contributed by atoms with van der Waals surface area (Å²) in [6, 6.07) is 16.5. The Labute approximate surface area is 249 Å². The van der Waals surface area contributed by atoms with E-state index in [0.717, 1.165) is 23.4 Å². The highest BCUT2D eigenvalue weighted by atomic mass is 19.4. The van der Waals surface area contributed by atoms with Gasteiger partial charge in [0.15, 0.2) is 0 Å². The van der Waals surface area contributed by atoms with Crippen molar-refractivity contribution >= 4 is 23.1 Å². The van der Waals surface area contributed by atoms with Crippen molar-refractivity contribution in [1.82, 2.24) is 24.6 Å². The molecule has 0 radical (unpaired) electrons. The van der Waals surface area contributed by atoms with E-state index in [4.69, 9.17) is 0 Å². The maximum atomic E-state index is 15.2. The number of alkyl halides is 3. The first-order chi connectivity index (χ1) is 21.2. The molecular weight excluding hydrogens is 576 g/mol. The molecule has 2 N–H and O–H groups in total. The number of aromatic nitrogens is 3. The Morgan fingerprint density at radius 1 is 0.932 bits per heavy atom. The van der Waals surface area contributed by atoms with Gasteiger partial charge in [0.05, 0.1) is 29.6 Å². The summed E-state index contributed by atoms with van der Waals surface area (Å²) in [6.45, 7) is 1.77. The minimum absolute atomic E-state index is 0.0570. The van der Waals surface area contributed by atoms with Gasteiger partial charge in [0.25, 0.3) is 5.91 Å².